The molecule has 0 bridgehead atoms. The van der Waals surface area contributed by atoms with Crippen molar-refractivity contribution in [3.8, 4) is 0 Å². The molecule has 1 saturated heterocycles. The monoisotopic (exact) mass is 217 g/mol. The Morgan fingerprint density at radius 3 is 2.69 bits per heavy atom. The van der Waals surface area contributed by atoms with E-state index in [0.29, 0.717) is 0 Å². The highest BCUT2D eigenvalue weighted by molar-refractivity contribution is 8.68. The minimum atomic E-state index is 0.190. The summed E-state index contributed by atoms with van der Waals surface area (Å²) in [6.45, 7) is 0.955. The van der Waals surface area contributed by atoms with Gasteiger partial charge in [-0.3, -0.25) is 0 Å². The summed E-state index contributed by atoms with van der Waals surface area (Å²) >= 11 is 3.96. The summed E-state index contributed by atoms with van der Waals surface area (Å²) < 4.78 is 4.61. The normalized spacial score (nSPS) is 18.8. The van der Waals surface area contributed by atoms with E-state index >= 15 is 0 Å². The molecule has 2 heterocycles. The van der Waals surface area contributed by atoms with Crippen molar-refractivity contribution < 1.29 is 9.84 Å². The van der Waals surface area contributed by atoms with Gasteiger partial charge in [0, 0.05) is 6.20 Å². The second-order valence-corrected chi connectivity index (χ2v) is 3.55. The van der Waals surface area contributed by atoms with Gasteiger partial charge in [-0.05, 0) is 22.9 Å². The molecule has 0 aromatic carbocycles. The average molecular weight is 217 g/mol. The fourth-order valence-electron chi connectivity index (χ4n) is 0.575. The Balaban J connectivity index is 0.000000145. The molecule has 1 aromatic rings. The molecule has 1 N–H and O–H groups in total. The molecule has 13 heavy (non-hydrogen) atoms. The van der Waals surface area contributed by atoms with Crippen molar-refractivity contribution in [3.05, 3.63) is 24.4 Å². The zero-order valence-corrected chi connectivity index (χ0v) is 8.67. The molecule has 5 heteroatoms. The summed E-state index contributed by atoms with van der Waals surface area (Å²) in [6.07, 6.45) is 1.94. The van der Waals surface area contributed by atoms with E-state index in [9.17, 15) is 0 Å². The minimum Gasteiger partial charge on any atom is -0.394 e. The SMILES string of the molecule is OCC1CO1.SSc1ccccn1. The van der Waals surface area contributed by atoms with Gasteiger partial charge in [-0.25, -0.2) is 4.98 Å². The highest BCUT2D eigenvalue weighted by Crippen LogP contribution is 2.16. The Bertz CT molecular complexity index is 229. The number of hydrogen-bond acceptors (Lipinski definition) is 5. The molecule has 3 nitrogen and oxygen atoms in total. The lowest BCUT2D eigenvalue weighted by atomic mass is 10.5. The Labute approximate surface area is 86.3 Å². The second kappa shape index (κ2) is 6.26. The smallest absolute Gasteiger partial charge is 0.106 e. The molecule has 0 spiro atoms. The van der Waals surface area contributed by atoms with Crippen molar-refractivity contribution in [2.45, 2.75) is 11.1 Å². The van der Waals surface area contributed by atoms with E-state index in [4.69, 9.17) is 5.11 Å². The van der Waals surface area contributed by atoms with Crippen LogP contribution in [0.4, 0.5) is 0 Å². The fraction of sp³-hybridized carbons (Fsp3) is 0.375. The maximum atomic E-state index is 8.08. The van der Waals surface area contributed by atoms with Crippen LogP contribution in [0, 0.1) is 0 Å². The van der Waals surface area contributed by atoms with E-state index in [1.54, 1.807) is 6.20 Å². The third-order valence-corrected chi connectivity index (χ3v) is 2.33. The molecule has 1 aliphatic heterocycles. The summed E-state index contributed by atoms with van der Waals surface area (Å²) in [5.41, 5.74) is 0. The van der Waals surface area contributed by atoms with E-state index < -0.39 is 0 Å². The Hall–Kier alpha value is -0.230. The van der Waals surface area contributed by atoms with Crippen LogP contribution < -0.4 is 0 Å². The molecule has 2 rings (SSSR count). The highest BCUT2D eigenvalue weighted by atomic mass is 33.1. The van der Waals surface area contributed by atoms with Gasteiger partial charge in [-0.1, -0.05) is 6.07 Å². The van der Waals surface area contributed by atoms with E-state index in [1.807, 2.05) is 18.2 Å². The van der Waals surface area contributed by atoms with Crippen LogP contribution in [-0.4, -0.2) is 29.4 Å². The van der Waals surface area contributed by atoms with Gasteiger partial charge < -0.3 is 9.84 Å². The van der Waals surface area contributed by atoms with Crippen molar-refractivity contribution in [2.75, 3.05) is 13.2 Å². The summed E-state index contributed by atoms with van der Waals surface area (Å²) in [5, 5.41) is 9.02. The lowest BCUT2D eigenvalue weighted by Crippen LogP contribution is -1.88. The van der Waals surface area contributed by atoms with Crippen molar-refractivity contribution in [3.63, 3.8) is 0 Å². The number of rotatable bonds is 2. The third kappa shape index (κ3) is 5.15. The minimum absolute atomic E-state index is 0.190. The second-order valence-electron chi connectivity index (χ2n) is 2.40. The van der Waals surface area contributed by atoms with Crippen LogP contribution in [0.3, 0.4) is 0 Å². The van der Waals surface area contributed by atoms with Crippen LogP contribution in [0.5, 0.6) is 0 Å². The first-order valence-electron chi connectivity index (χ1n) is 3.81. The highest BCUT2D eigenvalue weighted by Gasteiger charge is 2.19. The third-order valence-electron chi connectivity index (χ3n) is 1.34. The fourth-order valence-corrected chi connectivity index (χ4v) is 1.15. The van der Waals surface area contributed by atoms with Crippen LogP contribution in [0.2, 0.25) is 0 Å². The molecular formula is C8H11NO2S2. The van der Waals surface area contributed by atoms with Crippen molar-refractivity contribution >= 4 is 22.5 Å². The Morgan fingerprint density at radius 1 is 1.69 bits per heavy atom. The van der Waals surface area contributed by atoms with Crippen LogP contribution >= 0.6 is 22.5 Å². The van der Waals surface area contributed by atoms with Crippen molar-refractivity contribution in [1.82, 2.24) is 4.98 Å². The van der Waals surface area contributed by atoms with Crippen LogP contribution in [0.15, 0.2) is 29.4 Å². The molecule has 0 amide bonds. The van der Waals surface area contributed by atoms with Gasteiger partial charge in [0.05, 0.1) is 13.2 Å². The standard InChI is InChI=1S/C5H5NS2.C3H6O2/c7-8-5-3-1-2-4-6-5;4-1-3-2-5-3/h1-4,7H;3-4H,1-2H2. The molecule has 0 saturated carbocycles. The van der Waals surface area contributed by atoms with Crippen LogP contribution in [-0.2, 0) is 4.74 Å². The quantitative estimate of drug-likeness (QED) is 0.446. The van der Waals surface area contributed by atoms with Gasteiger partial charge in [0.15, 0.2) is 0 Å². The zero-order valence-electron chi connectivity index (χ0n) is 6.96. The van der Waals surface area contributed by atoms with Gasteiger partial charge in [0.1, 0.15) is 11.1 Å². The van der Waals surface area contributed by atoms with Gasteiger partial charge in [0.25, 0.3) is 0 Å². The molecule has 1 aliphatic rings. The lowest BCUT2D eigenvalue weighted by molar-refractivity contribution is 0.244. The number of epoxide rings is 1. The predicted molar refractivity (Wildman–Crippen MR) is 55.9 cm³/mol. The molecule has 1 aromatic heterocycles. The Kier molecular flexibility index (Phi) is 5.22. The number of pyridine rings is 1. The topological polar surface area (TPSA) is 45.6 Å². The van der Waals surface area contributed by atoms with Gasteiger partial charge in [0.2, 0.25) is 0 Å². The summed E-state index contributed by atoms with van der Waals surface area (Å²) in [4.78, 5) is 3.98. The van der Waals surface area contributed by atoms with E-state index in [1.165, 1.54) is 10.8 Å². The van der Waals surface area contributed by atoms with Gasteiger partial charge >= 0.3 is 0 Å². The predicted octanol–water partition coefficient (Wildman–Crippen LogP) is 1.40. The molecule has 0 radical (unpaired) electrons. The van der Waals surface area contributed by atoms with Crippen molar-refractivity contribution in [1.29, 1.82) is 0 Å². The maximum Gasteiger partial charge on any atom is 0.106 e. The van der Waals surface area contributed by atoms with Crippen molar-refractivity contribution in [2.24, 2.45) is 0 Å². The molecule has 72 valence electrons. The maximum absolute atomic E-state index is 8.08. The molecule has 1 unspecified atom stereocenters. The molecule has 1 fully saturated rings. The number of aliphatic hydroxyl groups is 1. The largest absolute Gasteiger partial charge is 0.394 e. The number of hydrogen-bond donors (Lipinski definition) is 2. The number of ether oxygens (including phenoxy) is 1. The van der Waals surface area contributed by atoms with Gasteiger partial charge in [-0.2, -0.15) is 0 Å². The summed E-state index contributed by atoms with van der Waals surface area (Å²) in [6, 6.07) is 5.73. The van der Waals surface area contributed by atoms with E-state index in [0.717, 1.165) is 11.6 Å². The zero-order chi connectivity index (χ0) is 9.52. The molecule has 1 atom stereocenters. The van der Waals surface area contributed by atoms with E-state index in [-0.39, 0.29) is 12.7 Å². The van der Waals surface area contributed by atoms with E-state index in [2.05, 4.69) is 21.4 Å². The number of thiol groups is 1. The van der Waals surface area contributed by atoms with Gasteiger partial charge in [-0.15, -0.1) is 11.7 Å². The molecular weight excluding hydrogens is 206 g/mol. The number of aromatic nitrogens is 1. The van der Waals surface area contributed by atoms with Crippen LogP contribution in [0.1, 0.15) is 0 Å². The Morgan fingerprint density at radius 2 is 2.46 bits per heavy atom. The number of nitrogens with zero attached hydrogens (tertiary/aromatic N) is 1. The first-order chi connectivity index (χ1) is 6.36. The summed E-state index contributed by atoms with van der Waals surface area (Å²) in [5.74, 6) is 0. The first kappa shape index (κ1) is 10.8. The number of aliphatic hydroxyl groups excluding tert-OH is 1. The average Bonchev–Trinajstić information content (AvgIpc) is 3.03. The van der Waals surface area contributed by atoms with Crippen LogP contribution in [0.25, 0.3) is 0 Å². The lowest BCUT2D eigenvalue weighted by Gasteiger charge is -1.87. The molecule has 0 aliphatic carbocycles. The summed E-state index contributed by atoms with van der Waals surface area (Å²) in [7, 11) is 1.35. The first-order valence-corrected chi connectivity index (χ1v) is 5.68.